The molecule has 0 spiro atoms. The molecule has 4 rings (SSSR count). The third kappa shape index (κ3) is 4.11. The predicted octanol–water partition coefficient (Wildman–Crippen LogP) is 6.95. The highest BCUT2D eigenvalue weighted by atomic mass is 32.2. The molecule has 0 unspecified atom stereocenters. The molecular formula is C24H30OS. The quantitative estimate of drug-likeness (QED) is 0.572. The standard InChI is InChI=1S/C24H30OS/c25-26(23-15-7-13-21(17-23)19-9-3-1-4-10-19)24-16-8-14-22(18-24)20-11-5-2-6-12-20/h7-8,13-20H,1-6,9-12H2. The van der Waals surface area contributed by atoms with Gasteiger partial charge < -0.3 is 0 Å². The lowest BCUT2D eigenvalue weighted by molar-refractivity contribution is 0.443. The van der Waals surface area contributed by atoms with Crippen molar-refractivity contribution in [3.63, 3.8) is 0 Å². The average Bonchev–Trinajstić information content (AvgIpc) is 2.75. The van der Waals surface area contributed by atoms with E-state index < -0.39 is 10.8 Å². The molecule has 0 aliphatic heterocycles. The molecule has 2 fully saturated rings. The van der Waals surface area contributed by atoms with Gasteiger partial charge in [0.1, 0.15) is 0 Å². The first-order chi connectivity index (χ1) is 12.8. The van der Waals surface area contributed by atoms with E-state index in [0.29, 0.717) is 11.8 Å². The summed E-state index contributed by atoms with van der Waals surface area (Å²) in [5.74, 6) is 1.32. The van der Waals surface area contributed by atoms with E-state index in [4.69, 9.17) is 0 Å². The van der Waals surface area contributed by atoms with Crippen molar-refractivity contribution in [2.45, 2.75) is 85.8 Å². The highest BCUT2D eigenvalue weighted by molar-refractivity contribution is 7.85. The van der Waals surface area contributed by atoms with Crippen LogP contribution in [0, 0.1) is 0 Å². The molecule has 0 saturated heterocycles. The highest BCUT2D eigenvalue weighted by Gasteiger charge is 2.19. The Kier molecular flexibility index (Phi) is 5.89. The van der Waals surface area contributed by atoms with Crippen molar-refractivity contribution < 1.29 is 4.21 Å². The Bertz CT molecular complexity index is 691. The molecule has 0 heterocycles. The first-order valence-corrected chi connectivity index (χ1v) is 11.6. The van der Waals surface area contributed by atoms with Gasteiger partial charge in [-0.15, -0.1) is 0 Å². The molecule has 26 heavy (non-hydrogen) atoms. The maximum atomic E-state index is 13.2. The second-order valence-corrected chi connectivity index (χ2v) is 9.56. The van der Waals surface area contributed by atoms with Crippen molar-refractivity contribution >= 4 is 10.8 Å². The van der Waals surface area contributed by atoms with Gasteiger partial charge in [-0.1, -0.05) is 62.8 Å². The summed E-state index contributed by atoms with van der Waals surface area (Å²) in [6.45, 7) is 0. The zero-order chi connectivity index (χ0) is 17.8. The van der Waals surface area contributed by atoms with Gasteiger partial charge in [0.25, 0.3) is 0 Å². The van der Waals surface area contributed by atoms with E-state index in [1.165, 1.54) is 75.3 Å². The Balaban J connectivity index is 1.55. The minimum absolute atomic E-state index is 0.661. The molecular weight excluding hydrogens is 336 g/mol. The summed E-state index contributed by atoms with van der Waals surface area (Å²) in [6, 6.07) is 17.2. The Labute approximate surface area is 160 Å². The van der Waals surface area contributed by atoms with Gasteiger partial charge >= 0.3 is 0 Å². The van der Waals surface area contributed by atoms with Crippen molar-refractivity contribution in [3.05, 3.63) is 59.7 Å². The first-order valence-electron chi connectivity index (χ1n) is 10.4. The maximum absolute atomic E-state index is 13.2. The van der Waals surface area contributed by atoms with E-state index in [9.17, 15) is 4.21 Å². The van der Waals surface area contributed by atoms with Crippen LogP contribution in [0.2, 0.25) is 0 Å². The van der Waals surface area contributed by atoms with E-state index in [0.717, 1.165) is 9.79 Å². The molecule has 2 heteroatoms. The summed E-state index contributed by atoms with van der Waals surface area (Å²) in [5.41, 5.74) is 2.78. The van der Waals surface area contributed by atoms with Gasteiger partial charge in [0.05, 0.1) is 10.8 Å². The van der Waals surface area contributed by atoms with Gasteiger partial charge in [-0.2, -0.15) is 0 Å². The summed E-state index contributed by atoms with van der Waals surface area (Å²) in [4.78, 5) is 1.93. The van der Waals surface area contributed by atoms with E-state index in [2.05, 4.69) is 36.4 Å². The van der Waals surface area contributed by atoms with Crippen molar-refractivity contribution in [2.75, 3.05) is 0 Å². The van der Waals surface area contributed by atoms with Crippen LogP contribution >= 0.6 is 0 Å². The zero-order valence-electron chi connectivity index (χ0n) is 15.7. The summed E-state index contributed by atoms with van der Waals surface area (Å²) in [5, 5.41) is 0. The molecule has 2 saturated carbocycles. The van der Waals surface area contributed by atoms with Gasteiger partial charge in [0.2, 0.25) is 0 Å². The molecule has 0 amide bonds. The molecule has 0 aromatic heterocycles. The number of rotatable bonds is 4. The molecule has 2 aliphatic rings. The van der Waals surface area contributed by atoms with Crippen LogP contribution in [0.5, 0.6) is 0 Å². The normalized spacial score (nSPS) is 19.7. The Morgan fingerprint density at radius 2 is 1.04 bits per heavy atom. The molecule has 0 bridgehead atoms. The first kappa shape index (κ1) is 18.0. The fourth-order valence-electron chi connectivity index (χ4n) is 4.78. The fourth-order valence-corrected chi connectivity index (χ4v) is 5.94. The predicted molar refractivity (Wildman–Crippen MR) is 109 cm³/mol. The highest BCUT2D eigenvalue weighted by Crippen LogP contribution is 2.35. The van der Waals surface area contributed by atoms with E-state index >= 15 is 0 Å². The van der Waals surface area contributed by atoms with Crippen LogP contribution in [0.25, 0.3) is 0 Å². The van der Waals surface area contributed by atoms with Gasteiger partial charge in [0.15, 0.2) is 0 Å². The summed E-state index contributed by atoms with van der Waals surface area (Å²) in [6.07, 6.45) is 13.2. The van der Waals surface area contributed by atoms with Crippen LogP contribution in [-0.2, 0) is 10.8 Å². The van der Waals surface area contributed by atoms with Crippen LogP contribution in [-0.4, -0.2) is 4.21 Å². The smallest absolute Gasteiger partial charge is 0.0849 e. The number of benzene rings is 2. The summed E-state index contributed by atoms with van der Waals surface area (Å²) >= 11 is 0. The second-order valence-electron chi connectivity index (χ2n) is 8.08. The van der Waals surface area contributed by atoms with Crippen LogP contribution in [0.1, 0.15) is 87.2 Å². The molecule has 0 atom stereocenters. The van der Waals surface area contributed by atoms with Crippen molar-refractivity contribution in [1.82, 2.24) is 0 Å². The van der Waals surface area contributed by atoms with Gasteiger partial charge in [-0.05, 0) is 72.9 Å². The lowest BCUT2D eigenvalue weighted by atomic mass is 9.84. The number of hydrogen-bond acceptors (Lipinski definition) is 1. The fraction of sp³-hybridized carbons (Fsp3) is 0.500. The zero-order valence-corrected chi connectivity index (χ0v) is 16.5. The van der Waals surface area contributed by atoms with Crippen molar-refractivity contribution in [2.24, 2.45) is 0 Å². The molecule has 2 aliphatic carbocycles. The van der Waals surface area contributed by atoms with Crippen molar-refractivity contribution in [1.29, 1.82) is 0 Å². The Hall–Kier alpha value is -1.41. The van der Waals surface area contributed by atoms with E-state index in [1.54, 1.807) is 0 Å². The number of hydrogen-bond donors (Lipinski definition) is 0. The van der Waals surface area contributed by atoms with Crippen LogP contribution < -0.4 is 0 Å². The monoisotopic (exact) mass is 366 g/mol. The van der Waals surface area contributed by atoms with Crippen LogP contribution in [0.3, 0.4) is 0 Å². The summed E-state index contributed by atoms with van der Waals surface area (Å²) < 4.78 is 13.2. The minimum Gasteiger partial charge on any atom is -0.249 e. The topological polar surface area (TPSA) is 17.1 Å². The summed E-state index contributed by atoms with van der Waals surface area (Å²) in [7, 11) is -1.08. The van der Waals surface area contributed by atoms with Crippen LogP contribution in [0.15, 0.2) is 58.3 Å². The van der Waals surface area contributed by atoms with E-state index in [1.807, 2.05) is 12.1 Å². The molecule has 138 valence electrons. The third-order valence-corrected chi connectivity index (χ3v) is 7.66. The maximum Gasteiger partial charge on any atom is 0.0849 e. The lowest BCUT2D eigenvalue weighted by Crippen LogP contribution is -2.06. The van der Waals surface area contributed by atoms with Gasteiger partial charge in [0, 0.05) is 9.79 Å². The minimum atomic E-state index is -1.08. The molecule has 0 N–H and O–H groups in total. The lowest BCUT2D eigenvalue weighted by Gasteiger charge is -2.23. The molecule has 2 aromatic rings. The van der Waals surface area contributed by atoms with Gasteiger partial charge in [-0.3, -0.25) is 0 Å². The second kappa shape index (κ2) is 8.52. The molecule has 1 nitrogen and oxygen atoms in total. The van der Waals surface area contributed by atoms with Crippen molar-refractivity contribution in [3.8, 4) is 0 Å². The van der Waals surface area contributed by atoms with Crippen LogP contribution in [0.4, 0.5) is 0 Å². The average molecular weight is 367 g/mol. The SMILES string of the molecule is O=S(c1cccc(C2CCCCC2)c1)c1cccc(C2CCCCC2)c1. The van der Waals surface area contributed by atoms with E-state index in [-0.39, 0.29) is 0 Å². The molecule has 0 radical (unpaired) electrons. The Morgan fingerprint density at radius 1 is 0.615 bits per heavy atom. The third-order valence-electron chi connectivity index (χ3n) is 6.30. The Morgan fingerprint density at radius 3 is 1.46 bits per heavy atom. The van der Waals surface area contributed by atoms with Gasteiger partial charge in [-0.25, -0.2) is 4.21 Å². The molecule has 2 aromatic carbocycles. The largest absolute Gasteiger partial charge is 0.249 e.